The van der Waals surface area contributed by atoms with Gasteiger partial charge in [-0.3, -0.25) is 0 Å². The molecule has 0 bridgehead atoms. The van der Waals surface area contributed by atoms with Crippen molar-refractivity contribution in [3.05, 3.63) is 0 Å². The summed E-state index contributed by atoms with van der Waals surface area (Å²) in [4.78, 5) is 12.6. The smallest absolute Gasteiger partial charge is 0.410 e. The van der Waals surface area contributed by atoms with Crippen molar-refractivity contribution in [1.29, 1.82) is 0 Å². The summed E-state index contributed by atoms with van der Waals surface area (Å²) in [5.74, 6) is -3.88. The molecule has 0 aromatic heterocycles. The highest BCUT2D eigenvalue weighted by Gasteiger charge is 2.49. The van der Waals surface area contributed by atoms with Gasteiger partial charge >= 0.3 is 6.09 Å². The lowest BCUT2D eigenvalue weighted by atomic mass is 10.1. The molecule has 1 rings (SSSR count). The van der Waals surface area contributed by atoms with Gasteiger partial charge in [-0.05, 0) is 20.8 Å². The van der Waals surface area contributed by atoms with Gasteiger partial charge in [0.1, 0.15) is 5.60 Å². The highest BCUT2D eigenvalue weighted by molar-refractivity contribution is 5.68. The molecule has 16 heavy (non-hydrogen) atoms. The van der Waals surface area contributed by atoms with Crippen LogP contribution in [-0.4, -0.2) is 42.2 Å². The number of likely N-dealkylation sites (tertiary alicyclic amines) is 1. The maximum Gasteiger partial charge on any atom is 0.410 e. The molecule has 94 valence electrons. The monoisotopic (exact) mass is 236 g/mol. The Morgan fingerprint density at radius 1 is 1.56 bits per heavy atom. The van der Waals surface area contributed by atoms with Crippen molar-refractivity contribution in [2.24, 2.45) is 11.7 Å². The molecule has 1 heterocycles. The number of ether oxygens (including phenoxy) is 1. The van der Waals surface area contributed by atoms with E-state index >= 15 is 0 Å². The van der Waals surface area contributed by atoms with Gasteiger partial charge in [0.05, 0.1) is 12.5 Å². The summed E-state index contributed by atoms with van der Waals surface area (Å²) < 4.78 is 31.7. The summed E-state index contributed by atoms with van der Waals surface area (Å²) in [5.41, 5.74) is 4.57. The van der Waals surface area contributed by atoms with E-state index in [1.165, 1.54) is 0 Å². The van der Waals surface area contributed by atoms with Gasteiger partial charge in [0.15, 0.2) is 0 Å². The number of rotatable bonds is 1. The van der Waals surface area contributed by atoms with Gasteiger partial charge < -0.3 is 15.4 Å². The van der Waals surface area contributed by atoms with Crippen molar-refractivity contribution >= 4 is 6.09 Å². The first-order valence-corrected chi connectivity index (χ1v) is 5.21. The van der Waals surface area contributed by atoms with Crippen LogP contribution in [0.15, 0.2) is 0 Å². The van der Waals surface area contributed by atoms with E-state index < -0.39 is 30.1 Å². The number of carbonyl (C=O) groups is 1. The Morgan fingerprint density at radius 3 is 2.50 bits per heavy atom. The molecule has 0 unspecified atom stereocenters. The molecule has 1 aliphatic rings. The van der Waals surface area contributed by atoms with Crippen LogP contribution in [0.3, 0.4) is 0 Å². The quantitative estimate of drug-likeness (QED) is 0.749. The molecule has 1 saturated heterocycles. The highest BCUT2D eigenvalue weighted by Crippen LogP contribution is 2.33. The molecule has 2 N–H and O–H groups in total. The maximum absolute atomic E-state index is 13.3. The Morgan fingerprint density at radius 2 is 2.12 bits per heavy atom. The van der Waals surface area contributed by atoms with Crippen LogP contribution in [-0.2, 0) is 4.74 Å². The Bertz CT molecular complexity index is 276. The Balaban J connectivity index is 2.62. The Hall–Kier alpha value is -0.910. The lowest BCUT2D eigenvalue weighted by Crippen LogP contribution is -2.36. The molecule has 6 heteroatoms. The second-order valence-corrected chi connectivity index (χ2v) is 5.05. The molecule has 0 aromatic carbocycles. The van der Waals surface area contributed by atoms with Crippen molar-refractivity contribution in [2.75, 3.05) is 19.6 Å². The molecular weight excluding hydrogens is 218 g/mol. The molecule has 0 aliphatic carbocycles. The van der Waals surface area contributed by atoms with Gasteiger partial charge in [0.25, 0.3) is 5.92 Å². The number of amides is 1. The number of hydrogen-bond acceptors (Lipinski definition) is 3. The summed E-state index contributed by atoms with van der Waals surface area (Å²) >= 11 is 0. The first-order valence-electron chi connectivity index (χ1n) is 5.21. The molecule has 1 fully saturated rings. The van der Waals surface area contributed by atoms with Gasteiger partial charge in [-0.1, -0.05) is 0 Å². The number of alkyl halides is 2. The van der Waals surface area contributed by atoms with E-state index in [0.717, 1.165) is 4.90 Å². The van der Waals surface area contributed by atoms with Crippen LogP contribution in [0.1, 0.15) is 20.8 Å². The number of carbonyl (C=O) groups excluding carboxylic acids is 1. The zero-order valence-corrected chi connectivity index (χ0v) is 9.80. The van der Waals surface area contributed by atoms with Crippen LogP contribution in [0.2, 0.25) is 0 Å². The van der Waals surface area contributed by atoms with Gasteiger partial charge in [-0.15, -0.1) is 0 Å². The van der Waals surface area contributed by atoms with Gasteiger partial charge in [0.2, 0.25) is 0 Å². The minimum absolute atomic E-state index is 0.0432. The molecule has 0 radical (unpaired) electrons. The zero-order valence-electron chi connectivity index (χ0n) is 9.80. The molecule has 0 spiro atoms. The molecule has 0 aromatic rings. The van der Waals surface area contributed by atoms with E-state index in [2.05, 4.69) is 0 Å². The Kier molecular flexibility index (Phi) is 3.42. The van der Waals surface area contributed by atoms with E-state index in [1.807, 2.05) is 0 Å². The third kappa shape index (κ3) is 3.04. The average Bonchev–Trinajstić information content (AvgIpc) is 2.37. The molecule has 1 amide bonds. The Labute approximate surface area is 93.7 Å². The van der Waals surface area contributed by atoms with Crippen molar-refractivity contribution in [1.82, 2.24) is 4.90 Å². The third-order valence-electron chi connectivity index (χ3n) is 2.38. The van der Waals surface area contributed by atoms with Gasteiger partial charge in [-0.2, -0.15) is 0 Å². The molecule has 4 nitrogen and oxygen atoms in total. The van der Waals surface area contributed by atoms with Crippen LogP contribution in [0, 0.1) is 5.92 Å². The summed E-state index contributed by atoms with van der Waals surface area (Å²) in [6.45, 7) is 4.30. The normalized spacial score (nSPS) is 24.6. The fourth-order valence-corrected chi connectivity index (χ4v) is 1.56. The van der Waals surface area contributed by atoms with E-state index in [-0.39, 0.29) is 13.1 Å². The lowest BCUT2D eigenvalue weighted by molar-refractivity contribution is -0.0271. The lowest BCUT2D eigenvalue weighted by Gasteiger charge is -2.24. The highest BCUT2D eigenvalue weighted by atomic mass is 19.3. The van der Waals surface area contributed by atoms with Crippen molar-refractivity contribution in [3.8, 4) is 0 Å². The van der Waals surface area contributed by atoms with E-state index in [4.69, 9.17) is 10.5 Å². The van der Waals surface area contributed by atoms with Crippen LogP contribution >= 0.6 is 0 Å². The van der Waals surface area contributed by atoms with E-state index in [1.54, 1.807) is 20.8 Å². The number of hydrogen-bond donors (Lipinski definition) is 1. The minimum Gasteiger partial charge on any atom is -0.444 e. The molecular formula is C10H18F2N2O2. The van der Waals surface area contributed by atoms with Crippen LogP contribution in [0.25, 0.3) is 0 Å². The fraction of sp³-hybridized carbons (Fsp3) is 0.900. The second-order valence-electron chi connectivity index (χ2n) is 5.05. The van der Waals surface area contributed by atoms with E-state index in [9.17, 15) is 13.6 Å². The zero-order chi connectivity index (χ0) is 12.6. The largest absolute Gasteiger partial charge is 0.444 e. The molecule has 1 aliphatic heterocycles. The van der Waals surface area contributed by atoms with Crippen molar-refractivity contribution < 1.29 is 18.3 Å². The standard InChI is InChI=1S/C10H18F2N2O2/c1-9(2,3)16-8(15)14-5-7(4-13)10(11,12)6-14/h7H,4-6,13H2,1-3H3/t7-/m0/s1. The molecule has 0 saturated carbocycles. The third-order valence-corrected chi connectivity index (χ3v) is 2.38. The van der Waals surface area contributed by atoms with Gasteiger partial charge in [-0.25, -0.2) is 13.6 Å². The number of halogens is 2. The van der Waals surface area contributed by atoms with Crippen LogP contribution in [0.5, 0.6) is 0 Å². The van der Waals surface area contributed by atoms with Crippen molar-refractivity contribution in [2.45, 2.75) is 32.3 Å². The first kappa shape index (κ1) is 13.2. The topological polar surface area (TPSA) is 55.6 Å². The van der Waals surface area contributed by atoms with Crippen LogP contribution < -0.4 is 5.73 Å². The second kappa shape index (κ2) is 4.16. The average molecular weight is 236 g/mol. The maximum atomic E-state index is 13.3. The van der Waals surface area contributed by atoms with Crippen molar-refractivity contribution in [3.63, 3.8) is 0 Å². The predicted molar refractivity (Wildman–Crippen MR) is 55.3 cm³/mol. The SMILES string of the molecule is CC(C)(C)OC(=O)N1C[C@H](CN)C(F)(F)C1. The summed E-state index contributed by atoms with van der Waals surface area (Å²) in [7, 11) is 0. The summed E-state index contributed by atoms with van der Waals surface area (Å²) in [5, 5.41) is 0. The molecule has 1 atom stereocenters. The first-order chi connectivity index (χ1) is 7.15. The number of nitrogens with zero attached hydrogens (tertiary/aromatic N) is 1. The summed E-state index contributed by atoms with van der Waals surface area (Å²) in [6, 6.07) is 0. The number of nitrogens with two attached hydrogens (primary N) is 1. The summed E-state index contributed by atoms with van der Waals surface area (Å²) in [6.07, 6.45) is -0.705. The van der Waals surface area contributed by atoms with Crippen LogP contribution in [0.4, 0.5) is 13.6 Å². The van der Waals surface area contributed by atoms with Gasteiger partial charge in [0, 0.05) is 13.1 Å². The fourth-order valence-electron chi connectivity index (χ4n) is 1.56. The predicted octanol–water partition coefficient (Wildman–Crippen LogP) is 1.45. The minimum atomic E-state index is -2.91. The van der Waals surface area contributed by atoms with E-state index in [0.29, 0.717) is 0 Å².